The van der Waals surface area contributed by atoms with Crippen LogP contribution in [0.1, 0.15) is 19.3 Å². The van der Waals surface area contributed by atoms with Crippen LogP contribution < -0.4 is 5.73 Å². The third-order valence-corrected chi connectivity index (χ3v) is 5.31. The second-order valence-electron chi connectivity index (χ2n) is 4.47. The molecule has 0 saturated carbocycles. The summed E-state index contributed by atoms with van der Waals surface area (Å²) in [5, 5.41) is 8.98. The van der Waals surface area contributed by atoms with Gasteiger partial charge in [0.2, 0.25) is 5.13 Å². The average Bonchev–Trinajstić information content (AvgIpc) is 2.89. The maximum atomic E-state index is 5.90. The quantitative estimate of drug-likeness (QED) is 0.881. The van der Waals surface area contributed by atoms with Gasteiger partial charge in [-0.05, 0) is 12.8 Å². The van der Waals surface area contributed by atoms with Crippen molar-refractivity contribution in [2.75, 3.05) is 25.6 Å². The maximum Gasteiger partial charge on any atom is 0.203 e. The van der Waals surface area contributed by atoms with Crippen molar-refractivity contribution in [1.29, 1.82) is 0 Å². The molecule has 0 bridgehead atoms. The highest BCUT2D eigenvalue weighted by molar-refractivity contribution is 8.01. The molecule has 2 aliphatic rings. The Bertz CT molecular complexity index is 393. The molecule has 5 nitrogen and oxygen atoms in total. The largest absolute Gasteiger partial charge is 0.378 e. The minimum atomic E-state index is -0.0356. The van der Waals surface area contributed by atoms with Crippen LogP contribution in [0.25, 0.3) is 0 Å². The lowest BCUT2D eigenvalue weighted by molar-refractivity contribution is -0.0769. The molecular weight excluding hydrogens is 258 g/mol. The molecule has 2 saturated heterocycles. The Kier molecular flexibility index (Phi) is 3.25. The Balaban J connectivity index is 1.64. The normalized spacial score (nSPS) is 33.3. The van der Waals surface area contributed by atoms with E-state index in [9.17, 15) is 0 Å². The van der Waals surface area contributed by atoms with E-state index >= 15 is 0 Å². The lowest BCUT2D eigenvalue weighted by atomic mass is 9.93. The Morgan fingerprint density at radius 3 is 3.06 bits per heavy atom. The van der Waals surface area contributed by atoms with Crippen molar-refractivity contribution in [2.45, 2.75) is 34.5 Å². The molecule has 3 rings (SSSR count). The SMILES string of the molecule is Nc1nnc(SC2CCOC3(CCOC3)C2)s1. The third-order valence-electron chi connectivity index (χ3n) is 3.20. The van der Waals surface area contributed by atoms with Gasteiger partial charge in [-0.15, -0.1) is 10.2 Å². The van der Waals surface area contributed by atoms with Crippen LogP contribution in [0.15, 0.2) is 4.34 Å². The first-order chi connectivity index (χ1) is 8.26. The number of nitrogens with zero attached hydrogens (tertiary/aromatic N) is 2. The molecule has 94 valence electrons. The van der Waals surface area contributed by atoms with E-state index in [4.69, 9.17) is 15.2 Å². The maximum absolute atomic E-state index is 5.90. The van der Waals surface area contributed by atoms with E-state index in [0.29, 0.717) is 10.4 Å². The van der Waals surface area contributed by atoms with Crippen LogP contribution in [-0.2, 0) is 9.47 Å². The molecule has 17 heavy (non-hydrogen) atoms. The monoisotopic (exact) mass is 273 g/mol. The van der Waals surface area contributed by atoms with Crippen LogP contribution in [0.5, 0.6) is 0 Å². The van der Waals surface area contributed by atoms with E-state index in [-0.39, 0.29) is 5.60 Å². The smallest absolute Gasteiger partial charge is 0.203 e. The zero-order valence-electron chi connectivity index (χ0n) is 9.42. The number of hydrogen-bond acceptors (Lipinski definition) is 7. The molecule has 3 heterocycles. The minimum absolute atomic E-state index is 0.0356. The molecule has 0 aromatic carbocycles. The van der Waals surface area contributed by atoms with Gasteiger partial charge in [-0.3, -0.25) is 0 Å². The van der Waals surface area contributed by atoms with Gasteiger partial charge in [-0.1, -0.05) is 23.1 Å². The fraction of sp³-hybridized carbons (Fsp3) is 0.800. The molecule has 2 fully saturated rings. The summed E-state index contributed by atoms with van der Waals surface area (Å²) in [5.41, 5.74) is 5.55. The topological polar surface area (TPSA) is 70.3 Å². The summed E-state index contributed by atoms with van der Waals surface area (Å²) in [7, 11) is 0. The summed E-state index contributed by atoms with van der Waals surface area (Å²) in [6, 6.07) is 0. The number of aromatic nitrogens is 2. The van der Waals surface area contributed by atoms with Gasteiger partial charge in [-0.25, -0.2) is 0 Å². The molecule has 2 N–H and O–H groups in total. The van der Waals surface area contributed by atoms with E-state index in [1.807, 2.05) is 0 Å². The number of rotatable bonds is 2. The highest BCUT2D eigenvalue weighted by Gasteiger charge is 2.41. The van der Waals surface area contributed by atoms with Crippen molar-refractivity contribution in [3.05, 3.63) is 0 Å². The van der Waals surface area contributed by atoms with Gasteiger partial charge >= 0.3 is 0 Å². The molecule has 0 radical (unpaired) electrons. The van der Waals surface area contributed by atoms with Crippen molar-refractivity contribution < 1.29 is 9.47 Å². The number of thioether (sulfide) groups is 1. The van der Waals surface area contributed by atoms with Crippen molar-refractivity contribution >= 4 is 28.2 Å². The van der Waals surface area contributed by atoms with Crippen LogP contribution in [0.3, 0.4) is 0 Å². The molecule has 2 aliphatic heterocycles. The van der Waals surface area contributed by atoms with Crippen LogP contribution in [0.2, 0.25) is 0 Å². The van der Waals surface area contributed by atoms with E-state index in [2.05, 4.69) is 10.2 Å². The van der Waals surface area contributed by atoms with Crippen molar-refractivity contribution in [3.8, 4) is 0 Å². The minimum Gasteiger partial charge on any atom is -0.378 e. The summed E-state index contributed by atoms with van der Waals surface area (Å²) < 4.78 is 12.3. The summed E-state index contributed by atoms with van der Waals surface area (Å²) in [6.07, 6.45) is 3.12. The summed E-state index contributed by atoms with van der Waals surface area (Å²) in [6.45, 7) is 2.38. The van der Waals surface area contributed by atoms with Crippen LogP contribution in [0, 0.1) is 0 Å². The number of nitrogens with two attached hydrogens (primary N) is 1. The van der Waals surface area contributed by atoms with Crippen molar-refractivity contribution in [1.82, 2.24) is 10.2 Å². The van der Waals surface area contributed by atoms with Gasteiger partial charge in [0.05, 0.1) is 12.2 Å². The van der Waals surface area contributed by atoms with E-state index in [1.54, 1.807) is 11.8 Å². The Morgan fingerprint density at radius 2 is 2.35 bits per heavy atom. The Hall–Kier alpha value is -0.370. The summed E-state index contributed by atoms with van der Waals surface area (Å²) in [5.74, 6) is 0. The number of anilines is 1. The Labute approximate surface area is 108 Å². The second-order valence-corrected chi connectivity index (χ2v) is 7.03. The number of nitrogen functional groups attached to an aromatic ring is 1. The first kappa shape index (κ1) is 11.7. The molecule has 2 atom stereocenters. The zero-order chi connectivity index (χ0) is 11.7. The van der Waals surface area contributed by atoms with Gasteiger partial charge in [0.1, 0.15) is 0 Å². The third kappa shape index (κ3) is 2.57. The van der Waals surface area contributed by atoms with Crippen LogP contribution in [0.4, 0.5) is 5.13 Å². The lowest BCUT2D eigenvalue weighted by Gasteiger charge is -2.36. The standard InChI is InChI=1S/C10H15N3O2S2/c11-8-12-13-9(17-8)16-7-1-3-15-10(5-7)2-4-14-6-10/h7H,1-6H2,(H2,11,12). The predicted molar refractivity (Wildman–Crippen MR) is 67.3 cm³/mol. The summed E-state index contributed by atoms with van der Waals surface area (Å²) >= 11 is 3.23. The molecule has 0 aliphatic carbocycles. The van der Waals surface area contributed by atoms with E-state index < -0.39 is 0 Å². The van der Waals surface area contributed by atoms with Crippen molar-refractivity contribution in [3.63, 3.8) is 0 Å². The van der Waals surface area contributed by atoms with E-state index in [0.717, 1.165) is 43.4 Å². The predicted octanol–water partition coefficient (Wildman–Crippen LogP) is 1.55. The summed E-state index contributed by atoms with van der Waals surface area (Å²) in [4.78, 5) is 0. The molecule has 1 aromatic rings. The van der Waals surface area contributed by atoms with Crippen molar-refractivity contribution in [2.24, 2.45) is 0 Å². The molecule has 1 aromatic heterocycles. The molecule has 7 heteroatoms. The highest BCUT2D eigenvalue weighted by atomic mass is 32.2. The number of ether oxygens (including phenoxy) is 2. The van der Waals surface area contributed by atoms with Gasteiger partial charge < -0.3 is 15.2 Å². The molecule has 1 spiro atoms. The van der Waals surface area contributed by atoms with E-state index in [1.165, 1.54) is 11.3 Å². The fourth-order valence-electron chi connectivity index (χ4n) is 2.36. The van der Waals surface area contributed by atoms with Crippen LogP contribution in [-0.4, -0.2) is 40.9 Å². The lowest BCUT2D eigenvalue weighted by Crippen LogP contribution is -2.41. The Morgan fingerprint density at radius 1 is 1.41 bits per heavy atom. The van der Waals surface area contributed by atoms with Gasteiger partial charge in [0.25, 0.3) is 0 Å². The van der Waals surface area contributed by atoms with Gasteiger partial charge in [-0.2, -0.15) is 0 Å². The van der Waals surface area contributed by atoms with Gasteiger partial charge in [0.15, 0.2) is 4.34 Å². The number of hydrogen-bond donors (Lipinski definition) is 1. The zero-order valence-corrected chi connectivity index (χ0v) is 11.1. The molecule has 0 amide bonds. The first-order valence-corrected chi connectivity index (χ1v) is 7.43. The molecular formula is C10H15N3O2S2. The first-order valence-electron chi connectivity index (χ1n) is 5.73. The molecule has 2 unspecified atom stereocenters. The van der Waals surface area contributed by atoms with Gasteiger partial charge in [0, 0.05) is 24.9 Å². The second kappa shape index (κ2) is 4.72. The average molecular weight is 273 g/mol. The fourth-order valence-corrected chi connectivity index (χ4v) is 4.53. The van der Waals surface area contributed by atoms with Crippen LogP contribution >= 0.6 is 23.1 Å². The highest BCUT2D eigenvalue weighted by Crippen LogP contribution is 2.40.